The number of fused-ring (bicyclic) bond motifs is 1. The van der Waals surface area contributed by atoms with Gasteiger partial charge >= 0.3 is 5.76 Å². The lowest BCUT2D eigenvalue weighted by molar-refractivity contribution is -0.132. The molecule has 8 nitrogen and oxygen atoms in total. The van der Waals surface area contributed by atoms with E-state index in [4.69, 9.17) is 4.42 Å². The second-order valence-corrected chi connectivity index (χ2v) is 9.93. The van der Waals surface area contributed by atoms with Crippen LogP contribution in [0.1, 0.15) is 46.0 Å². The Morgan fingerprint density at radius 2 is 1.80 bits per heavy atom. The minimum Gasteiger partial charge on any atom is -0.408 e. The maximum atomic E-state index is 13.1. The number of oxazole rings is 1. The van der Waals surface area contributed by atoms with Gasteiger partial charge in [-0.3, -0.25) is 9.36 Å². The first kappa shape index (κ1) is 22.6. The molecule has 1 aromatic heterocycles. The third kappa shape index (κ3) is 4.62. The van der Waals surface area contributed by atoms with E-state index in [2.05, 4.69) is 13.8 Å². The zero-order chi connectivity index (χ0) is 21.9. The summed E-state index contributed by atoms with van der Waals surface area (Å²) >= 11 is 0. The summed E-state index contributed by atoms with van der Waals surface area (Å²) in [5.74, 6) is -0.149. The number of aromatic nitrogens is 1. The summed E-state index contributed by atoms with van der Waals surface area (Å²) < 4.78 is 34.0. The molecule has 2 aromatic rings. The molecule has 0 atom stereocenters. The number of benzene rings is 1. The summed E-state index contributed by atoms with van der Waals surface area (Å²) in [4.78, 5) is 26.3. The Morgan fingerprint density at radius 1 is 1.17 bits per heavy atom. The first-order chi connectivity index (χ1) is 14.3. The first-order valence-electron chi connectivity index (χ1n) is 10.7. The molecule has 3 rings (SSSR count). The quantitative estimate of drug-likeness (QED) is 0.633. The predicted molar refractivity (Wildman–Crippen MR) is 115 cm³/mol. The van der Waals surface area contributed by atoms with Crippen molar-refractivity contribution < 1.29 is 17.6 Å². The summed E-state index contributed by atoms with van der Waals surface area (Å²) in [5, 5.41) is 0. The molecule has 1 aliphatic heterocycles. The van der Waals surface area contributed by atoms with Gasteiger partial charge in [-0.1, -0.05) is 13.8 Å². The molecular weight excluding hydrogens is 406 g/mol. The molecule has 1 fully saturated rings. The Morgan fingerprint density at radius 3 is 2.40 bits per heavy atom. The maximum Gasteiger partial charge on any atom is 0.419 e. The fourth-order valence-electron chi connectivity index (χ4n) is 4.05. The molecule has 0 radical (unpaired) electrons. The van der Waals surface area contributed by atoms with Crippen LogP contribution >= 0.6 is 0 Å². The van der Waals surface area contributed by atoms with Crippen LogP contribution in [0.2, 0.25) is 0 Å². The molecule has 0 N–H and O–H groups in total. The third-order valence-electron chi connectivity index (χ3n) is 5.78. The number of aryl methyl sites for hydroxylation is 1. The minimum atomic E-state index is -3.68. The highest BCUT2D eigenvalue weighted by atomic mass is 32.2. The summed E-state index contributed by atoms with van der Waals surface area (Å²) in [5.41, 5.74) is 0.816. The lowest BCUT2D eigenvalue weighted by Crippen LogP contribution is -2.40. The third-order valence-corrected chi connectivity index (χ3v) is 7.67. The van der Waals surface area contributed by atoms with Gasteiger partial charge in [-0.25, -0.2) is 13.2 Å². The lowest BCUT2D eigenvalue weighted by atomic mass is 9.94. The van der Waals surface area contributed by atoms with Crippen molar-refractivity contribution in [3.8, 4) is 0 Å². The van der Waals surface area contributed by atoms with Crippen LogP contribution in [0.15, 0.2) is 32.3 Å². The zero-order valence-corrected chi connectivity index (χ0v) is 18.8. The first-order valence-corrected chi connectivity index (χ1v) is 12.1. The molecule has 166 valence electrons. The van der Waals surface area contributed by atoms with Gasteiger partial charge in [0.1, 0.15) is 0 Å². The molecular formula is C21H31N3O5S. The molecule has 1 saturated heterocycles. The highest BCUT2D eigenvalue weighted by molar-refractivity contribution is 7.89. The summed E-state index contributed by atoms with van der Waals surface area (Å²) in [6.45, 7) is 6.46. The molecule has 0 spiro atoms. The Kier molecular flexibility index (Phi) is 7.02. The number of amides is 1. The lowest BCUT2D eigenvalue weighted by Gasteiger charge is -2.32. The van der Waals surface area contributed by atoms with Crippen LogP contribution in [0.5, 0.6) is 0 Å². The molecule has 0 aliphatic carbocycles. The number of sulfonamides is 1. The van der Waals surface area contributed by atoms with E-state index < -0.39 is 15.8 Å². The van der Waals surface area contributed by atoms with Crippen molar-refractivity contribution in [1.29, 1.82) is 0 Å². The summed E-state index contributed by atoms with van der Waals surface area (Å²) in [6.07, 6.45) is 3.69. The Bertz CT molecular complexity index is 1040. The average molecular weight is 438 g/mol. The number of carbonyl (C=O) groups excluding carboxylic acids is 1. The van der Waals surface area contributed by atoms with E-state index in [-0.39, 0.29) is 22.3 Å². The summed E-state index contributed by atoms with van der Waals surface area (Å²) in [6, 6.07) is 4.51. The Hall–Kier alpha value is -2.13. The van der Waals surface area contributed by atoms with E-state index in [9.17, 15) is 18.0 Å². The molecule has 9 heteroatoms. The molecule has 2 heterocycles. The van der Waals surface area contributed by atoms with Crippen molar-refractivity contribution in [2.24, 2.45) is 13.0 Å². The van der Waals surface area contributed by atoms with Gasteiger partial charge in [0.15, 0.2) is 5.58 Å². The van der Waals surface area contributed by atoms with Gasteiger partial charge in [0, 0.05) is 45.7 Å². The van der Waals surface area contributed by atoms with E-state index in [0.29, 0.717) is 37.9 Å². The molecule has 0 bridgehead atoms. The van der Waals surface area contributed by atoms with Gasteiger partial charge in [0.05, 0.1) is 10.4 Å². The topological polar surface area (TPSA) is 92.8 Å². The van der Waals surface area contributed by atoms with Crippen LogP contribution in [0.4, 0.5) is 0 Å². The summed E-state index contributed by atoms with van der Waals surface area (Å²) in [7, 11) is -2.10. The van der Waals surface area contributed by atoms with Crippen LogP contribution in [-0.2, 0) is 21.9 Å². The van der Waals surface area contributed by atoms with E-state index in [1.165, 1.54) is 21.0 Å². The van der Waals surface area contributed by atoms with E-state index in [1.54, 1.807) is 13.1 Å². The normalized spacial score (nSPS) is 16.2. The number of piperidine rings is 1. The van der Waals surface area contributed by atoms with Gasteiger partial charge in [0.2, 0.25) is 15.9 Å². The number of nitrogens with zero attached hydrogens (tertiary/aromatic N) is 3. The monoisotopic (exact) mass is 437 g/mol. The second-order valence-electron chi connectivity index (χ2n) is 7.99. The number of hydrogen-bond acceptors (Lipinski definition) is 5. The average Bonchev–Trinajstić information content (AvgIpc) is 3.01. The van der Waals surface area contributed by atoms with E-state index >= 15 is 0 Å². The Balaban J connectivity index is 1.65. The predicted octanol–water partition coefficient (Wildman–Crippen LogP) is 2.57. The minimum absolute atomic E-state index is 0.121. The highest BCUT2D eigenvalue weighted by Gasteiger charge is 2.31. The zero-order valence-electron chi connectivity index (χ0n) is 18.0. The number of hydrogen-bond donors (Lipinski definition) is 0. The standard InChI is InChI=1S/C21H31N3O5S/c1-4-10-23(11-5-2)20(25)14-16-8-12-24(13-9-16)30(27,28)17-6-7-18-19(15-17)29-21(26)22(18)3/h6-7,15-16H,4-5,8-14H2,1-3H3. The smallest absolute Gasteiger partial charge is 0.408 e. The van der Waals surface area contributed by atoms with Gasteiger partial charge < -0.3 is 9.32 Å². The van der Waals surface area contributed by atoms with Crippen LogP contribution in [0.3, 0.4) is 0 Å². The number of carbonyl (C=O) groups is 1. The van der Waals surface area contributed by atoms with Gasteiger partial charge in [-0.15, -0.1) is 0 Å². The second kappa shape index (κ2) is 9.34. The molecule has 1 aliphatic rings. The van der Waals surface area contributed by atoms with Crippen molar-refractivity contribution in [3.63, 3.8) is 0 Å². The number of rotatable bonds is 8. The SMILES string of the molecule is CCCN(CCC)C(=O)CC1CCN(S(=O)(=O)c2ccc3c(c2)oc(=O)n3C)CC1. The molecule has 1 aromatic carbocycles. The molecule has 30 heavy (non-hydrogen) atoms. The fraction of sp³-hybridized carbons (Fsp3) is 0.619. The van der Waals surface area contributed by atoms with E-state index in [0.717, 1.165) is 25.9 Å². The van der Waals surface area contributed by atoms with Crippen LogP contribution in [-0.4, -0.2) is 54.3 Å². The van der Waals surface area contributed by atoms with Gasteiger partial charge in [0.25, 0.3) is 0 Å². The molecule has 1 amide bonds. The van der Waals surface area contributed by atoms with Crippen molar-refractivity contribution in [1.82, 2.24) is 13.8 Å². The maximum absolute atomic E-state index is 13.1. The van der Waals surface area contributed by atoms with Crippen LogP contribution < -0.4 is 5.76 Å². The van der Waals surface area contributed by atoms with Gasteiger partial charge in [-0.2, -0.15) is 4.31 Å². The van der Waals surface area contributed by atoms with E-state index in [1.807, 2.05) is 4.90 Å². The fourth-order valence-corrected chi connectivity index (χ4v) is 5.54. The molecule has 0 saturated carbocycles. The van der Waals surface area contributed by atoms with Crippen molar-refractivity contribution in [2.45, 2.75) is 50.8 Å². The van der Waals surface area contributed by atoms with Crippen LogP contribution in [0, 0.1) is 5.92 Å². The van der Waals surface area contributed by atoms with Crippen molar-refractivity contribution in [2.75, 3.05) is 26.2 Å². The highest BCUT2D eigenvalue weighted by Crippen LogP contribution is 2.27. The van der Waals surface area contributed by atoms with Crippen LogP contribution in [0.25, 0.3) is 11.1 Å². The van der Waals surface area contributed by atoms with Crippen molar-refractivity contribution in [3.05, 3.63) is 28.7 Å². The largest absolute Gasteiger partial charge is 0.419 e. The van der Waals surface area contributed by atoms with Crippen molar-refractivity contribution >= 4 is 27.0 Å². The Labute approximate surface area is 177 Å². The molecule has 0 unspecified atom stereocenters. The van der Waals surface area contributed by atoms with Gasteiger partial charge in [-0.05, 0) is 43.7 Å².